The molecule has 2 aromatic rings. The third-order valence-corrected chi connectivity index (χ3v) is 3.05. The van der Waals surface area contributed by atoms with E-state index in [-0.39, 0.29) is 0 Å². The van der Waals surface area contributed by atoms with Crippen LogP contribution in [0.4, 0.5) is 0 Å². The van der Waals surface area contributed by atoms with Crippen molar-refractivity contribution in [1.82, 2.24) is 15.3 Å². The van der Waals surface area contributed by atoms with E-state index in [9.17, 15) is 0 Å². The van der Waals surface area contributed by atoms with E-state index in [1.165, 1.54) is 17.0 Å². The summed E-state index contributed by atoms with van der Waals surface area (Å²) < 4.78 is 0. The predicted octanol–water partition coefficient (Wildman–Crippen LogP) is 1.63. The fourth-order valence-corrected chi connectivity index (χ4v) is 2.18. The molecule has 0 bridgehead atoms. The zero-order chi connectivity index (χ0) is 11.0. The number of rotatable bonds is 0. The van der Waals surface area contributed by atoms with Crippen molar-refractivity contribution in [1.29, 1.82) is 0 Å². The lowest BCUT2D eigenvalue weighted by Gasteiger charge is -2.06. The van der Waals surface area contributed by atoms with Crippen LogP contribution in [-0.4, -0.2) is 23.1 Å². The normalized spacial score (nSPS) is 15.8. The molecule has 2 heterocycles. The summed E-state index contributed by atoms with van der Waals surface area (Å²) in [4.78, 5) is 9.45. The van der Waals surface area contributed by atoms with Gasteiger partial charge in [0.2, 0.25) is 0 Å². The molecule has 82 valence electrons. The molecule has 1 N–H and O–H groups in total. The van der Waals surface area contributed by atoms with Crippen LogP contribution in [0.5, 0.6) is 0 Å². The van der Waals surface area contributed by atoms with E-state index < -0.39 is 0 Å². The minimum absolute atomic E-state index is 0.992. The number of hydrogen-bond donors (Lipinski definition) is 1. The Kier molecular flexibility index (Phi) is 2.33. The van der Waals surface area contributed by atoms with Crippen LogP contribution in [-0.2, 0) is 12.8 Å². The van der Waals surface area contributed by atoms with Gasteiger partial charge in [-0.2, -0.15) is 0 Å². The van der Waals surface area contributed by atoms with Gasteiger partial charge in [0.1, 0.15) is 0 Å². The molecule has 16 heavy (non-hydrogen) atoms. The maximum Gasteiger partial charge on any atom is 0.0893 e. The highest BCUT2D eigenvalue weighted by atomic mass is 14.9. The predicted molar refractivity (Wildman–Crippen MR) is 64.6 cm³/mol. The molecule has 3 heteroatoms. The molecule has 0 aliphatic carbocycles. The van der Waals surface area contributed by atoms with Crippen molar-refractivity contribution in [3.05, 3.63) is 35.2 Å². The second-order valence-corrected chi connectivity index (χ2v) is 4.36. The maximum absolute atomic E-state index is 4.73. The van der Waals surface area contributed by atoms with Gasteiger partial charge in [-0.15, -0.1) is 0 Å². The fraction of sp³-hybridized carbons (Fsp3) is 0.385. The van der Waals surface area contributed by atoms with E-state index in [1.807, 2.05) is 0 Å². The quantitative estimate of drug-likeness (QED) is 0.722. The van der Waals surface area contributed by atoms with Crippen LogP contribution in [0.1, 0.15) is 17.0 Å². The number of nitrogens with one attached hydrogen (secondary N) is 1. The summed E-state index contributed by atoms with van der Waals surface area (Å²) in [5.74, 6) is 0. The van der Waals surface area contributed by atoms with Crippen molar-refractivity contribution in [2.75, 3.05) is 13.1 Å². The lowest BCUT2D eigenvalue weighted by Crippen LogP contribution is -2.16. The molecule has 0 unspecified atom stereocenters. The highest BCUT2D eigenvalue weighted by molar-refractivity contribution is 5.75. The van der Waals surface area contributed by atoms with Gasteiger partial charge in [0.25, 0.3) is 0 Å². The van der Waals surface area contributed by atoms with Crippen LogP contribution in [0.15, 0.2) is 18.2 Å². The van der Waals surface area contributed by atoms with Gasteiger partial charge in [0.05, 0.1) is 22.4 Å². The molecule has 0 fully saturated rings. The molecule has 1 aliphatic heterocycles. The highest BCUT2D eigenvalue weighted by Crippen LogP contribution is 2.16. The summed E-state index contributed by atoms with van der Waals surface area (Å²) in [6.45, 7) is 4.12. The number of hydrogen-bond acceptors (Lipinski definition) is 3. The van der Waals surface area contributed by atoms with Crippen LogP contribution < -0.4 is 5.32 Å². The van der Waals surface area contributed by atoms with Crippen molar-refractivity contribution in [3.63, 3.8) is 0 Å². The van der Waals surface area contributed by atoms with Crippen LogP contribution in [0, 0.1) is 6.92 Å². The number of benzene rings is 1. The van der Waals surface area contributed by atoms with Crippen molar-refractivity contribution in [2.45, 2.75) is 19.8 Å². The van der Waals surface area contributed by atoms with Gasteiger partial charge >= 0.3 is 0 Å². The third kappa shape index (κ3) is 1.67. The summed E-state index contributed by atoms with van der Waals surface area (Å²) in [6.07, 6.45) is 1.98. The molecular formula is C13H15N3. The van der Waals surface area contributed by atoms with Gasteiger partial charge in [-0.05, 0) is 24.6 Å². The lowest BCUT2D eigenvalue weighted by molar-refractivity contribution is 0.707. The highest BCUT2D eigenvalue weighted by Gasteiger charge is 2.11. The average Bonchev–Trinajstić information content (AvgIpc) is 2.50. The largest absolute Gasteiger partial charge is 0.316 e. The maximum atomic E-state index is 4.73. The average molecular weight is 213 g/mol. The van der Waals surface area contributed by atoms with E-state index in [2.05, 4.69) is 30.4 Å². The Morgan fingerprint density at radius 2 is 1.69 bits per heavy atom. The van der Waals surface area contributed by atoms with Gasteiger partial charge < -0.3 is 5.32 Å². The minimum atomic E-state index is 0.992. The molecular weight excluding hydrogens is 198 g/mol. The Bertz CT molecular complexity index is 534. The van der Waals surface area contributed by atoms with E-state index in [1.54, 1.807) is 0 Å². The molecule has 0 spiro atoms. The third-order valence-electron chi connectivity index (χ3n) is 3.05. The molecule has 3 rings (SSSR count). The number of nitrogens with zero attached hydrogens (tertiary/aromatic N) is 2. The van der Waals surface area contributed by atoms with Crippen LogP contribution in [0.25, 0.3) is 11.0 Å². The van der Waals surface area contributed by atoms with Gasteiger partial charge in [0, 0.05) is 25.9 Å². The zero-order valence-corrected chi connectivity index (χ0v) is 9.45. The molecule has 1 aromatic heterocycles. The molecule has 0 saturated heterocycles. The summed E-state index contributed by atoms with van der Waals surface area (Å²) in [5, 5.41) is 3.38. The van der Waals surface area contributed by atoms with Crippen LogP contribution in [0.3, 0.4) is 0 Å². The number of aromatic nitrogens is 2. The standard InChI is InChI=1S/C13H15N3/c1-9-2-3-10-13(8-9)16-12-5-7-14-6-4-11(12)15-10/h2-3,8,14H,4-7H2,1H3. The molecule has 0 amide bonds. The van der Waals surface area contributed by atoms with Crippen molar-refractivity contribution >= 4 is 11.0 Å². The van der Waals surface area contributed by atoms with E-state index in [0.29, 0.717) is 0 Å². The summed E-state index contributed by atoms with van der Waals surface area (Å²) in [6, 6.07) is 6.27. The number of aryl methyl sites for hydroxylation is 1. The Hall–Kier alpha value is -1.48. The van der Waals surface area contributed by atoms with E-state index in [0.717, 1.165) is 37.0 Å². The first-order chi connectivity index (χ1) is 7.83. The molecule has 3 nitrogen and oxygen atoms in total. The van der Waals surface area contributed by atoms with Crippen molar-refractivity contribution in [3.8, 4) is 0 Å². The lowest BCUT2D eigenvalue weighted by atomic mass is 10.1. The monoisotopic (exact) mass is 213 g/mol. The Morgan fingerprint density at radius 1 is 1.00 bits per heavy atom. The van der Waals surface area contributed by atoms with Crippen LogP contribution >= 0.6 is 0 Å². The second-order valence-electron chi connectivity index (χ2n) is 4.36. The first-order valence-electron chi connectivity index (χ1n) is 5.80. The smallest absolute Gasteiger partial charge is 0.0893 e. The molecule has 1 aliphatic rings. The Balaban J connectivity index is 2.20. The van der Waals surface area contributed by atoms with Crippen LogP contribution in [0.2, 0.25) is 0 Å². The fourth-order valence-electron chi connectivity index (χ4n) is 2.18. The van der Waals surface area contributed by atoms with Crippen molar-refractivity contribution in [2.24, 2.45) is 0 Å². The van der Waals surface area contributed by atoms with Gasteiger partial charge in [-0.1, -0.05) is 6.07 Å². The molecule has 0 radical (unpaired) electrons. The topological polar surface area (TPSA) is 37.8 Å². The Morgan fingerprint density at radius 3 is 2.44 bits per heavy atom. The van der Waals surface area contributed by atoms with E-state index >= 15 is 0 Å². The zero-order valence-electron chi connectivity index (χ0n) is 9.45. The second kappa shape index (κ2) is 3.83. The first kappa shape index (κ1) is 9.73. The first-order valence-corrected chi connectivity index (χ1v) is 5.80. The SMILES string of the molecule is Cc1ccc2nc3c(nc2c1)CCNCC3. The van der Waals surface area contributed by atoms with Gasteiger partial charge in [-0.3, -0.25) is 0 Å². The molecule has 0 atom stereocenters. The summed E-state index contributed by atoms with van der Waals surface area (Å²) >= 11 is 0. The summed E-state index contributed by atoms with van der Waals surface area (Å²) in [7, 11) is 0. The molecule has 0 saturated carbocycles. The van der Waals surface area contributed by atoms with Crippen molar-refractivity contribution < 1.29 is 0 Å². The van der Waals surface area contributed by atoms with E-state index in [4.69, 9.17) is 9.97 Å². The number of fused-ring (bicyclic) bond motifs is 2. The molecule has 1 aromatic carbocycles. The minimum Gasteiger partial charge on any atom is -0.316 e. The summed E-state index contributed by atoms with van der Waals surface area (Å²) in [5.41, 5.74) is 5.63. The van der Waals surface area contributed by atoms with Gasteiger partial charge in [0.15, 0.2) is 0 Å². The van der Waals surface area contributed by atoms with Gasteiger partial charge in [-0.25, -0.2) is 9.97 Å². The Labute approximate surface area is 94.9 Å².